The molecule has 1 aromatic carbocycles. The molecule has 1 rings (SSSR count). The SMILES string of the molecule is CC(CBr)C(C)NS(=O)(=O)c1ccccc1. The molecule has 2 atom stereocenters. The van der Waals surface area contributed by atoms with Crippen LogP contribution < -0.4 is 4.72 Å². The molecule has 0 aliphatic heterocycles. The van der Waals surface area contributed by atoms with E-state index in [9.17, 15) is 8.42 Å². The molecule has 1 N–H and O–H groups in total. The molecule has 0 radical (unpaired) electrons. The molecule has 3 nitrogen and oxygen atoms in total. The lowest BCUT2D eigenvalue weighted by molar-refractivity contribution is 0.484. The smallest absolute Gasteiger partial charge is 0.208 e. The molecule has 0 aliphatic carbocycles. The van der Waals surface area contributed by atoms with Gasteiger partial charge in [0.2, 0.25) is 10.0 Å². The predicted octanol–water partition coefficient (Wildman–Crippen LogP) is 2.38. The van der Waals surface area contributed by atoms with E-state index in [0.29, 0.717) is 4.90 Å². The van der Waals surface area contributed by atoms with Crippen molar-refractivity contribution in [1.29, 1.82) is 0 Å². The van der Waals surface area contributed by atoms with Gasteiger partial charge in [0.25, 0.3) is 0 Å². The average Bonchev–Trinajstić information content (AvgIpc) is 2.28. The summed E-state index contributed by atoms with van der Waals surface area (Å²) in [5.41, 5.74) is 0. The van der Waals surface area contributed by atoms with Crippen molar-refractivity contribution in [2.75, 3.05) is 5.33 Å². The zero-order valence-electron chi connectivity index (χ0n) is 9.35. The van der Waals surface area contributed by atoms with Crippen LogP contribution in [0.5, 0.6) is 0 Å². The Balaban J connectivity index is 2.81. The first-order valence-corrected chi connectivity index (χ1v) is 7.71. The number of sulfonamides is 1. The Kier molecular flexibility index (Phi) is 4.95. The van der Waals surface area contributed by atoms with Crippen molar-refractivity contribution in [2.24, 2.45) is 5.92 Å². The Morgan fingerprint density at radius 2 is 1.81 bits per heavy atom. The second-order valence-electron chi connectivity index (χ2n) is 3.85. The van der Waals surface area contributed by atoms with E-state index in [4.69, 9.17) is 0 Å². The van der Waals surface area contributed by atoms with Crippen LogP contribution in [0.15, 0.2) is 35.2 Å². The van der Waals surface area contributed by atoms with Crippen molar-refractivity contribution in [3.05, 3.63) is 30.3 Å². The Morgan fingerprint density at radius 3 is 2.31 bits per heavy atom. The van der Waals surface area contributed by atoms with Gasteiger partial charge in [0.15, 0.2) is 0 Å². The lowest BCUT2D eigenvalue weighted by Gasteiger charge is -2.19. The minimum atomic E-state index is -3.39. The zero-order valence-corrected chi connectivity index (χ0v) is 11.8. The van der Waals surface area contributed by atoms with E-state index in [1.807, 2.05) is 13.8 Å². The molecule has 1 aromatic rings. The highest BCUT2D eigenvalue weighted by molar-refractivity contribution is 9.09. The van der Waals surface area contributed by atoms with Crippen molar-refractivity contribution < 1.29 is 8.42 Å². The van der Waals surface area contributed by atoms with Crippen LogP contribution in [0.4, 0.5) is 0 Å². The van der Waals surface area contributed by atoms with Crippen LogP contribution in [0.2, 0.25) is 0 Å². The van der Waals surface area contributed by atoms with E-state index in [0.717, 1.165) is 5.33 Å². The second-order valence-corrected chi connectivity index (χ2v) is 6.22. The standard InChI is InChI=1S/C11H16BrNO2S/c1-9(8-12)10(2)13-16(14,15)11-6-4-3-5-7-11/h3-7,9-10,13H,8H2,1-2H3. The van der Waals surface area contributed by atoms with Crippen molar-refractivity contribution in [1.82, 2.24) is 4.72 Å². The molecule has 0 spiro atoms. The van der Waals surface area contributed by atoms with Crippen molar-refractivity contribution in [2.45, 2.75) is 24.8 Å². The van der Waals surface area contributed by atoms with E-state index >= 15 is 0 Å². The van der Waals surface area contributed by atoms with Crippen molar-refractivity contribution in [3.8, 4) is 0 Å². The number of alkyl halides is 1. The van der Waals surface area contributed by atoms with Gasteiger partial charge in [0.05, 0.1) is 4.90 Å². The molecule has 0 saturated carbocycles. The Hall–Kier alpha value is -0.390. The largest absolute Gasteiger partial charge is 0.240 e. The van der Waals surface area contributed by atoms with Crippen LogP contribution >= 0.6 is 15.9 Å². The summed E-state index contributed by atoms with van der Waals surface area (Å²) in [5.74, 6) is 0.249. The fraction of sp³-hybridized carbons (Fsp3) is 0.455. The second kappa shape index (κ2) is 5.80. The summed E-state index contributed by atoms with van der Waals surface area (Å²) in [6, 6.07) is 8.32. The van der Waals surface area contributed by atoms with Gasteiger partial charge in [0.1, 0.15) is 0 Å². The maximum Gasteiger partial charge on any atom is 0.240 e. The minimum Gasteiger partial charge on any atom is -0.208 e. The van der Waals surface area contributed by atoms with Gasteiger partial charge in [0, 0.05) is 11.4 Å². The molecule has 90 valence electrons. The summed E-state index contributed by atoms with van der Waals surface area (Å²) in [7, 11) is -3.39. The van der Waals surface area contributed by atoms with E-state index in [2.05, 4.69) is 20.7 Å². The first-order chi connectivity index (χ1) is 7.47. The van der Waals surface area contributed by atoms with Gasteiger partial charge < -0.3 is 0 Å². The van der Waals surface area contributed by atoms with E-state index in [-0.39, 0.29) is 12.0 Å². The quantitative estimate of drug-likeness (QED) is 0.849. The Morgan fingerprint density at radius 1 is 1.25 bits per heavy atom. The van der Waals surface area contributed by atoms with Gasteiger partial charge in [-0.15, -0.1) is 0 Å². The highest BCUT2D eigenvalue weighted by Gasteiger charge is 2.19. The molecule has 0 aliphatic rings. The normalized spacial score (nSPS) is 15.7. The van der Waals surface area contributed by atoms with Gasteiger partial charge in [-0.25, -0.2) is 13.1 Å². The van der Waals surface area contributed by atoms with Crippen LogP contribution in [-0.2, 0) is 10.0 Å². The lowest BCUT2D eigenvalue weighted by atomic mass is 10.1. The third-order valence-electron chi connectivity index (χ3n) is 2.49. The molecule has 5 heteroatoms. The van der Waals surface area contributed by atoms with Gasteiger partial charge >= 0.3 is 0 Å². The minimum absolute atomic E-state index is 0.0930. The summed E-state index contributed by atoms with van der Waals surface area (Å²) >= 11 is 3.34. The molecule has 16 heavy (non-hydrogen) atoms. The van der Waals surface area contributed by atoms with Crippen LogP contribution in [0.3, 0.4) is 0 Å². The van der Waals surface area contributed by atoms with Gasteiger partial charge in [-0.3, -0.25) is 0 Å². The zero-order chi connectivity index (χ0) is 12.2. The third-order valence-corrected chi connectivity index (χ3v) is 5.09. The van der Waals surface area contributed by atoms with Crippen molar-refractivity contribution >= 4 is 26.0 Å². The predicted molar refractivity (Wildman–Crippen MR) is 69.2 cm³/mol. The summed E-state index contributed by atoms with van der Waals surface area (Å²) < 4.78 is 26.5. The van der Waals surface area contributed by atoms with E-state index in [1.54, 1.807) is 30.3 Å². The monoisotopic (exact) mass is 305 g/mol. The molecule has 0 amide bonds. The van der Waals surface area contributed by atoms with Gasteiger partial charge in [-0.1, -0.05) is 41.1 Å². The molecule has 2 unspecified atom stereocenters. The van der Waals surface area contributed by atoms with Crippen molar-refractivity contribution in [3.63, 3.8) is 0 Å². The number of rotatable bonds is 5. The molecule has 0 bridgehead atoms. The molecule has 0 saturated heterocycles. The first kappa shape index (κ1) is 13.7. The Bertz CT molecular complexity index is 419. The summed E-state index contributed by atoms with van der Waals surface area (Å²) in [6.45, 7) is 3.86. The molecule has 0 aromatic heterocycles. The maximum atomic E-state index is 11.9. The summed E-state index contributed by atoms with van der Waals surface area (Å²) in [4.78, 5) is 0.309. The number of hydrogen-bond donors (Lipinski definition) is 1. The number of hydrogen-bond acceptors (Lipinski definition) is 2. The molecule has 0 heterocycles. The van der Waals surface area contributed by atoms with Crippen LogP contribution in [0, 0.1) is 5.92 Å². The highest BCUT2D eigenvalue weighted by Crippen LogP contribution is 2.12. The van der Waals surface area contributed by atoms with Gasteiger partial charge in [-0.2, -0.15) is 0 Å². The van der Waals surface area contributed by atoms with E-state index < -0.39 is 10.0 Å². The number of benzene rings is 1. The fourth-order valence-electron chi connectivity index (χ4n) is 1.16. The topological polar surface area (TPSA) is 46.2 Å². The van der Waals surface area contributed by atoms with Crippen LogP contribution in [0.25, 0.3) is 0 Å². The molecular formula is C11H16BrNO2S. The summed E-state index contributed by atoms with van der Waals surface area (Å²) in [5, 5.41) is 0.769. The molecular weight excluding hydrogens is 290 g/mol. The maximum absolute atomic E-state index is 11.9. The number of nitrogens with one attached hydrogen (secondary N) is 1. The average molecular weight is 306 g/mol. The number of halogens is 1. The third kappa shape index (κ3) is 3.57. The molecule has 0 fully saturated rings. The first-order valence-electron chi connectivity index (χ1n) is 5.10. The van der Waals surface area contributed by atoms with E-state index in [1.165, 1.54) is 0 Å². The van der Waals surface area contributed by atoms with Crippen LogP contribution in [0.1, 0.15) is 13.8 Å². The highest BCUT2D eigenvalue weighted by atomic mass is 79.9. The fourth-order valence-corrected chi connectivity index (χ4v) is 3.10. The van der Waals surface area contributed by atoms with Crippen LogP contribution in [-0.4, -0.2) is 19.8 Å². The van der Waals surface area contributed by atoms with Gasteiger partial charge in [-0.05, 0) is 25.0 Å². The Labute approximate surface area is 105 Å². The summed E-state index contributed by atoms with van der Waals surface area (Å²) in [6.07, 6.45) is 0. The lowest BCUT2D eigenvalue weighted by Crippen LogP contribution is -2.37.